The van der Waals surface area contributed by atoms with Crippen LogP contribution in [-0.2, 0) is 11.3 Å². The fourth-order valence-electron chi connectivity index (χ4n) is 2.96. The second kappa shape index (κ2) is 8.71. The first-order valence-electron chi connectivity index (χ1n) is 8.73. The molecular weight excluding hydrogens is 418 g/mol. The number of hydrogen-bond donors (Lipinski definition) is 2. The van der Waals surface area contributed by atoms with Crippen molar-refractivity contribution in [3.8, 4) is 0 Å². The first-order chi connectivity index (χ1) is 13.5. The highest BCUT2D eigenvalue weighted by Gasteiger charge is 2.14. The van der Waals surface area contributed by atoms with Crippen LogP contribution in [0.1, 0.15) is 22.8 Å². The maximum atomic E-state index is 12.3. The molecule has 3 aromatic carbocycles. The number of nitrogens with one attached hydrogen (secondary N) is 1. The Morgan fingerprint density at radius 2 is 1.68 bits per heavy atom. The molecule has 0 aromatic heterocycles. The molecule has 0 atom stereocenters. The van der Waals surface area contributed by atoms with Gasteiger partial charge in [0.15, 0.2) is 0 Å². The zero-order valence-corrected chi connectivity index (χ0v) is 16.9. The highest BCUT2D eigenvalue weighted by molar-refractivity contribution is 9.10. The standard InChI is InChI=1S/C22H20BrN3O2/c1-15(27)26(18-11-9-17(23)10-12-18)19-6-4-5-16(13-19)14-25-21-8-3-2-7-20(21)22(24)28/h2-13,25H,14H2,1H3,(H2,24,28). The molecule has 6 heteroatoms. The van der Waals surface area contributed by atoms with Crippen LogP contribution >= 0.6 is 15.9 Å². The number of carbonyl (C=O) groups excluding carboxylic acids is 2. The van der Waals surface area contributed by atoms with Gasteiger partial charge in [0.25, 0.3) is 5.91 Å². The van der Waals surface area contributed by atoms with Gasteiger partial charge in [0, 0.05) is 35.0 Å². The summed E-state index contributed by atoms with van der Waals surface area (Å²) in [5.74, 6) is -0.554. The number of halogens is 1. The average Bonchev–Trinajstić information content (AvgIpc) is 2.68. The topological polar surface area (TPSA) is 75.4 Å². The number of primary amides is 1. The van der Waals surface area contributed by atoms with Crippen molar-refractivity contribution in [3.05, 3.63) is 88.4 Å². The molecule has 0 spiro atoms. The van der Waals surface area contributed by atoms with Crippen molar-refractivity contribution in [1.29, 1.82) is 0 Å². The fraction of sp³-hybridized carbons (Fsp3) is 0.0909. The van der Waals surface area contributed by atoms with Gasteiger partial charge in [-0.25, -0.2) is 0 Å². The van der Waals surface area contributed by atoms with E-state index in [-0.39, 0.29) is 5.91 Å². The third-order valence-corrected chi connectivity index (χ3v) is 4.77. The molecule has 0 saturated carbocycles. The quantitative estimate of drug-likeness (QED) is 0.578. The molecule has 0 fully saturated rings. The maximum Gasteiger partial charge on any atom is 0.250 e. The van der Waals surface area contributed by atoms with Crippen LogP contribution in [-0.4, -0.2) is 11.8 Å². The van der Waals surface area contributed by atoms with E-state index in [1.54, 1.807) is 17.0 Å². The SMILES string of the molecule is CC(=O)N(c1ccc(Br)cc1)c1cccc(CNc2ccccc2C(N)=O)c1. The lowest BCUT2D eigenvalue weighted by molar-refractivity contribution is -0.115. The summed E-state index contributed by atoms with van der Waals surface area (Å²) < 4.78 is 0.950. The minimum Gasteiger partial charge on any atom is -0.380 e. The van der Waals surface area contributed by atoms with E-state index in [9.17, 15) is 9.59 Å². The summed E-state index contributed by atoms with van der Waals surface area (Å²) in [4.78, 5) is 25.5. The van der Waals surface area contributed by atoms with Crippen LogP contribution in [0.15, 0.2) is 77.3 Å². The van der Waals surface area contributed by atoms with Crippen LogP contribution in [0.4, 0.5) is 17.1 Å². The Bertz CT molecular complexity index is 1000. The number of para-hydroxylation sites is 1. The molecule has 0 aliphatic carbocycles. The summed E-state index contributed by atoms with van der Waals surface area (Å²) in [6.45, 7) is 2.03. The lowest BCUT2D eigenvalue weighted by Gasteiger charge is -2.22. The molecule has 0 bridgehead atoms. The van der Waals surface area contributed by atoms with Crippen molar-refractivity contribution in [1.82, 2.24) is 0 Å². The molecule has 2 amide bonds. The molecule has 5 nitrogen and oxygen atoms in total. The van der Waals surface area contributed by atoms with Crippen LogP contribution in [0.2, 0.25) is 0 Å². The van der Waals surface area contributed by atoms with Gasteiger partial charge in [0.1, 0.15) is 0 Å². The minimum absolute atomic E-state index is 0.0773. The Morgan fingerprint density at radius 1 is 0.964 bits per heavy atom. The van der Waals surface area contributed by atoms with Crippen LogP contribution < -0.4 is 16.0 Å². The van der Waals surface area contributed by atoms with Crippen molar-refractivity contribution in [3.63, 3.8) is 0 Å². The number of amides is 2. The maximum absolute atomic E-state index is 12.3. The van der Waals surface area contributed by atoms with Crippen LogP contribution in [0.5, 0.6) is 0 Å². The number of carbonyl (C=O) groups is 2. The molecule has 3 N–H and O–H groups in total. The van der Waals surface area contributed by atoms with Crippen molar-refractivity contribution in [2.75, 3.05) is 10.2 Å². The zero-order chi connectivity index (χ0) is 20.1. The number of nitrogens with zero attached hydrogens (tertiary/aromatic N) is 1. The predicted molar refractivity (Wildman–Crippen MR) is 116 cm³/mol. The van der Waals surface area contributed by atoms with Crippen LogP contribution in [0.25, 0.3) is 0 Å². The molecule has 0 aliphatic rings. The summed E-state index contributed by atoms with van der Waals surface area (Å²) in [6, 6.07) is 22.4. The molecular formula is C22H20BrN3O2. The summed E-state index contributed by atoms with van der Waals surface area (Å²) in [5.41, 5.74) is 9.09. The first kappa shape index (κ1) is 19.6. The number of hydrogen-bond acceptors (Lipinski definition) is 3. The number of rotatable bonds is 6. The fourth-order valence-corrected chi connectivity index (χ4v) is 3.22. The minimum atomic E-state index is -0.477. The van der Waals surface area contributed by atoms with E-state index in [2.05, 4.69) is 21.2 Å². The van der Waals surface area contributed by atoms with Crippen molar-refractivity contribution < 1.29 is 9.59 Å². The van der Waals surface area contributed by atoms with E-state index < -0.39 is 5.91 Å². The summed E-state index contributed by atoms with van der Waals surface area (Å²) in [7, 11) is 0. The van der Waals surface area contributed by atoms with Gasteiger partial charge in [0.2, 0.25) is 5.91 Å². The number of benzene rings is 3. The molecule has 0 saturated heterocycles. The summed E-state index contributed by atoms with van der Waals surface area (Å²) in [6.07, 6.45) is 0. The molecule has 3 aromatic rings. The Kier molecular flexibility index (Phi) is 6.11. The highest BCUT2D eigenvalue weighted by atomic mass is 79.9. The van der Waals surface area contributed by atoms with Crippen molar-refractivity contribution in [2.24, 2.45) is 5.73 Å². The second-order valence-electron chi connectivity index (χ2n) is 6.26. The third kappa shape index (κ3) is 4.58. The lowest BCUT2D eigenvalue weighted by Crippen LogP contribution is -2.22. The molecule has 0 radical (unpaired) electrons. The van der Waals surface area contributed by atoms with Crippen molar-refractivity contribution >= 4 is 44.8 Å². The Hall–Kier alpha value is -3.12. The highest BCUT2D eigenvalue weighted by Crippen LogP contribution is 2.28. The Morgan fingerprint density at radius 3 is 2.36 bits per heavy atom. The normalized spacial score (nSPS) is 10.4. The smallest absolute Gasteiger partial charge is 0.250 e. The van der Waals surface area contributed by atoms with Gasteiger partial charge in [-0.1, -0.05) is 40.2 Å². The Balaban J connectivity index is 1.84. The van der Waals surface area contributed by atoms with Crippen molar-refractivity contribution in [2.45, 2.75) is 13.5 Å². The second-order valence-corrected chi connectivity index (χ2v) is 7.18. The van der Waals surface area contributed by atoms with E-state index >= 15 is 0 Å². The van der Waals surface area contributed by atoms with Gasteiger partial charge in [-0.3, -0.25) is 14.5 Å². The first-order valence-corrected chi connectivity index (χ1v) is 9.53. The van der Waals surface area contributed by atoms with E-state index in [4.69, 9.17) is 5.73 Å². The van der Waals surface area contributed by atoms with Crippen LogP contribution in [0.3, 0.4) is 0 Å². The monoisotopic (exact) mass is 437 g/mol. The molecule has 3 rings (SSSR count). The van der Waals surface area contributed by atoms with Gasteiger partial charge in [-0.15, -0.1) is 0 Å². The predicted octanol–water partition coefficient (Wildman–Crippen LogP) is 4.84. The average molecular weight is 438 g/mol. The number of nitrogens with two attached hydrogens (primary N) is 1. The Labute approximate surface area is 172 Å². The zero-order valence-electron chi connectivity index (χ0n) is 15.4. The van der Waals surface area contributed by atoms with Gasteiger partial charge in [-0.05, 0) is 54.1 Å². The van der Waals surface area contributed by atoms with Gasteiger partial charge in [-0.2, -0.15) is 0 Å². The molecule has 0 aliphatic heterocycles. The van der Waals surface area contributed by atoms with E-state index in [1.807, 2.05) is 60.7 Å². The summed E-state index contributed by atoms with van der Waals surface area (Å²) in [5, 5.41) is 3.24. The molecule has 0 unspecified atom stereocenters. The van der Waals surface area contributed by atoms with E-state index in [0.29, 0.717) is 17.8 Å². The van der Waals surface area contributed by atoms with Crippen LogP contribution in [0, 0.1) is 0 Å². The molecule has 0 heterocycles. The van der Waals surface area contributed by atoms with E-state index in [1.165, 1.54) is 6.92 Å². The van der Waals surface area contributed by atoms with Gasteiger partial charge in [0.05, 0.1) is 5.56 Å². The lowest BCUT2D eigenvalue weighted by atomic mass is 10.1. The number of anilines is 3. The van der Waals surface area contributed by atoms with Gasteiger partial charge >= 0.3 is 0 Å². The largest absolute Gasteiger partial charge is 0.380 e. The molecule has 28 heavy (non-hydrogen) atoms. The van der Waals surface area contributed by atoms with Gasteiger partial charge < -0.3 is 11.1 Å². The molecule has 142 valence electrons. The van der Waals surface area contributed by atoms with E-state index in [0.717, 1.165) is 21.4 Å². The summed E-state index contributed by atoms with van der Waals surface area (Å²) >= 11 is 3.41. The third-order valence-electron chi connectivity index (χ3n) is 4.24.